The third-order valence-electron chi connectivity index (χ3n) is 3.94. The predicted molar refractivity (Wildman–Crippen MR) is 104 cm³/mol. The molecule has 8 heteroatoms. The number of hydrogen-bond acceptors (Lipinski definition) is 5. The lowest BCUT2D eigenvalue weighted by Gasteiger charge is -2.17. The maximum absolute atomic E-state index is 12.2. The van der Waals surface area contributed by atoms with Crippen LogP contribution in [0.3, 0.4) is 0 Å². The monoisotopic (exact) mass is 389 g/mol. The van der Waals surface area contributed by atoms with Crippen molar-refractivity contribution in [1.82, 2.24) is 9.88 Å². The number of benzene rings is 1. The molecule has 0 saturated carbocycles. The molecule has 0 aliphatic heterocycles. The van der Waals surface area contributed by atoms with Crippen LogP contribution in [0.2, 0.25) is 0 Å². The Morgan fingerprint density at radius 1 is 1.04 bits per heavy atom. The first-order valence-corrected chi connectivity index (χ1v) is 10.3. The summed E-state index contributed by atoms with van der Waals surface area (Å²) >= 11 is 0. The van der Waals surface area contributed by atoms with E-state index in [1.54, 1.807) is 31.6 Å². The number of rotatable bonds is 8. The van der Waals surface area contributed by atoms with E-state index in [2.05, 4.69) is 10.3 Å². The van der Waals surface area contributed by atoms with Gasteiger partial charge in [0.1, 0.15) is 11.5 Å². The minimum atomic E-state index is -3.85. The van der Waals surface area contributed by atoms with Crippen LogP contribution < -0.4 is 5.32 Å². The van der Waals surface area contributed by atoms with Crippen LogP contribution in [0, 0.1) is 6.92 Å². The van der Waals surface area contributed by atoms with Crippen LogP contribution in [0.15, 0.2) is 48.8 Å². The van der Waals surface area contributed by atoms with Crippen molar-refractivity contribution in [2.24, 2.45) is 0 Å². The molecule has 0 saturated heterocycles. The van der Waals surface area contributed by atoms with E-state index in [4.69, 9.17) is 0 Å². The lowest BCUT2D eigenvalue weighted by atomic mass is 10.2. The summed E-state index contributed by atoms with van der Waals surface area (Å²) in [5.41, 5.74) is 2.55. The first kappa shape index (κ1) is 20.6. The van der Waals surface area contributed by atoms with Crippen LogP contribution in [0.1, 0.15) is 11.1 Å². The number of carbonyl (C=O) groups is 2. The number of hydrogen-bond donors (Lipinski definition) is 1. The topological polar surface area (TPSA) is 96.4 Å². The Morgan fingerprint density at radius 3 is 2.30 bits per heavy atom. The minimum absolute atomic E-state index is 0.383. The van der Waals surface area contributed by atoms with Crippen molar-refractivity contribution in [3.8, 4) is 0 Å². The summed E-state index contributed by atoms with van der Waals surface area (Å²) in [5.74, 6) is -2.62. The fourth-order valence-corrected chi connectivity index (χ4v) is 3.52. The van der Waals surface area contributed by atoms with Gasteiger partial charge in [-0.1, -0.05) is 17.7 Å². The molecule has 27 heavy (non-hydrogen) atoms. The highest BCUT2D eigenvalue weighted by molar-refractivity contribution is 7.92. The second-order valence-electron chi connectivity index (χ2n) is 6.37. The molecule has 0 radical (unpaired) electrons. The Labute approximate surface area is 159 Å². The smallest absolute Gasteiger partial charge is 0.239 e. The Hall–Kier alpha value is -2.74. The molecule has 1 aromatic carbocycles. The molecule has 2 rings (SSSR count). The first-order chi connectivity index (χ1) is 12.7. The number of likely N-dealkylation sites (N-methyl/N-ethyl adjacent to an activating group) is 1. The maximum Gasteiger partial charge on any atom is 0.239 e. The van der Waals surface area contributed by atoms with Gasteiger partial charge in [0, 0.05) is 31.7 Å². The average molecular weight is 389 g/mol. The molecule has 2 aromatic rings. The molecule has 0 aliphatic carbocycles. The number of aromatic nitrogens is 1. The highest BCUT2D eigenvalue weighted by Gasteiger charge is 2.23. The highest BCUT2D eigenvalue weighted by Crippen LogP contribution is 2.09. The third kappa shape index (κ3) is 7.18. The summed E-state index contributed by atoms with van der Waals surface area (Å²) in [6.45, 7) is 2.29. The summed E-state index contributed by atoms with van der Waals surface area (Å²) < 4.78 is 24.3. The van der Waals surface area contributed by atoms with Crippen molar-refractivity contribution in [2.45, 2.75) is 13.3 Å². The third-order valence-corrected chi connectivity index (χ3v) is 5.33. The number of aryl methyl sites for hydroxylation is 1. The van der Waals surface area contributed by atoms with Crippen LogP contribution in [-0.2, 0) is 25.8 Å². The highest BCUT2D eigenvalue weighted by atomic mass is 32.2. The van der Waals surface area contributed by atoms with Crippen LogP contribution in [-0.4, -0.2) is 55.2 Å². The number of nitrogens with zero attached hydrogens (tertiary/aromatic N) is 2. The summed E-state index contributed by atoms with van der Waals surface area (Å²) in [5, 5.41) is 2.53. The lowest BCUT2D eigenvalue weighted by molar-refractivity contribution is -0.127. The summed E-state index contributed by atoms with van der Waals surface area (Å²) in [4.78, 5) is 29.4. The van der Waals surface area contributed by atoms with Crippen molar-refractivity contribution in [3.05, 3.63) is 59.9 Å². The van der Waals surface area contributed by atoms with Gasteiger partial charge in [-0.2, -0.15) is 0 Å². The number of nitrogens with one attached hydrogen (secondary N) is 1. The predicted octanol–water partition coefficient (Wildman–Crippen LogP) is 1.44. The number of pyridine rings is 1. The first-order valence-electron chi connectivity index (χ1n) is 8.45. The molecule has 0 spiro atoms. The summed E-state index contributed by atoms with van der Waals surface area (Å²) in [6.07, 6.45) is 3.92. The van der Waals surface area contributed by atoms with Crippen LogP contribution >= 0.6 is 0 Å². The molecule has 2 amide bonds. The van der Waals surface area contributed by atoms with Crippen molar-refractivity contribution in [2.75, 3.05) is 30.4 Å². The van der Waals surface area contributed by atoms with E-state index in [1.807, 2.05) is 31.2 Å². The van der Waals surface area contributed by atoms with Gasteiger partial charge in [0.05, 0.1) is 0 Å². The largest absolute Gasteiger partial charge is 0.345 e. The zero-order valence-electron chi connectivity index (χ0n) is 15.4. The number of carbonyl (C=O) groups excluding carboxylic acids is 2. The van der Waals surface area contributed by atoms with E-state index in [0.29, 0.717) is 18.7 Å². The number of sulfone groups is 1. The van der Waals surface area contributed by atoms with Gasteiger partial charge in [0.25, 0.3) is 0 Å². The van der Waals surface area contributed by atoms with Gasteiger partial charge in [-0.3, -0.25) is 14.6 Å². The minimum Gasteiger partial charge on any atom is -0.345 e. The van der Waals surface area contributed by atoms with Gasteiger partial charge in [0.15, 0.2) is 9.84 Å². The molecule has 1 heterocycles. The van der Waals surface area contributed by atoms with Crippen molar-refractivity contribution in [3.63, 3.8) is 0 Å². The Morgan fingerprint density at radius 2 is 1.67 bits per heavy atom. The molecule has 0 unspecified atom stereocenters. The van der Waals surface area contributed by atoms with Gasteiger partial charge < -0.3 is 10.2 Å². The van der Waals surface area contributed by atoms with Crippen molar-refractivity contribution >= 4 is 27.3 Å². The van der Waals surface area contributed by atoms with E-state index in [1.165, 1.54) is 4.90 Å². The van der Waals surface area contributed by atoms with E-state index in [0.717, 1.165) is 11.1 Å². The SMILES string of the molecule is Cc1ccc(NC(=O)CS(=O)(=O)CC(=O)N(C)CCc2ccncc2)cc1. The van der Waals surface area contributed by atoms with E-state index in [9.17, 15) is 18.0 Å². The van der Waals surface area contributed by atoms with Crippen LogP contribution in [0.5, 0.6) is 0 Å². The van der Waals surface area contributed by atoms with Crippen LogP contribution in [0.25, 0.3) is 0 Å². The van der Waals surface area contributed by atoms with E-state index < -0.39 is 33.2 Å². The molecular formula is C19H23N3O4S. The standard InChI is InChI=1S/C19H23N3O4S/c1-15-3-5-17(6-4-15)21-18(23)13-27(25,26)14-19(24)22(2)12-9-16-7-10-20-11-8-16/h3-8,10-11H,9,12-14H2,1-2H3,(H,21,23). The normalized spacial score (nSPS) is 11.0. The quantitative estimate of drug-likeness (QED) is 0.737. The second-order valence-corrected chi connectivity index (χ2v) is 8.43. The molecule has 0 aliphatic rings. The molecule has 0 atom stereocenters. The maximum atomic E-state index is 12.2. The summed E-state index contributed by atoms with van der Waals surface area (Å²) in [6, 6.07) is 10.7. The molecule has 0 bridgehead atoms. The average Bonchev–Trinajstić information content (AvgIpc) is 2.61. The Kier molecular flexibility index (Phi) is 7.06. The van der Waals surface area contributed by atoms with Gasteiger partial charge >= 0.3 is 0 Å². The summed E-state index contributed by atoms with van der Waals surface area (Å²) in [7, 11) is -2.30. The number of amides is 2. The van der Waals surface area contributed by atoms with Crippen LogP contribution in [0.4, 0.5) is 5.69 Å². The molecular weight excluding hydrogens is 366 g/mol. The van der Waals surface area contributed by atoms with Gasteiger partial charge in [-0.05, 0) is 43.2 Å². The van der Waals surface area contributed by atoms with E-state index in [-0.39, 0.29) is 0 Å². The van der Waals surface area contributed by atoms with Gasteiger partial charge in [-0.25, -0.2) is 8.42 Å². The molecule has 144 valence electrons. The Balaban J connectivity index is 1.83. The van der Waals surface area contributed by atoms with Gasteiger partial charge in [-0.15, -0.1) is 0 Å². The second kappa shape index (κ2) is 9.27. The fourth-order valence-electron chi connectivity index (χ4n) is 2.35. The number of anilines is 1. The molecule has 7 nitrogen and oxygen atoms in total. The molecule has 1 aromatic heterocycles. The molecule has 0 fully saturated rings. The zero-order chi connectivity index (χ0) is 19.9. The molecule has 1 N–H and O–H groups in total. The van der Waals surface area contributed by atoms with E-state index >= 15 is 0 Å². The fraction of sp³-hybridized carbons (Fsp3) is 0.316. The van der Waals surface area contributed by atoms with Crippen molar-refractivity contribution < 1.29 is 18.0 Å². The van der Waals surface area contributed by atoms with Gasteiger partial charge in [0.2, 0.25) is 11.8 Å². The lowest BCUT2D eigenvalue weighted by Crippen LogP contribution is -2.36. The zero-order valence-corrected chi connectivity index (χ0v) is 16.2. The van der Waals surface area contributed by atoms with Crippen molar-refractivity contribution in [1.29, 1.82) is 0 Å². The Bertz CT molecular complexity index is 881.